The van der Waals surface area contributed by atoms with E-state index in [4.69, 9.17) is 4.74 Å². The molecule has 0 spiro atoms. The highest BCUT2D eigenvalue weighted by Crippen LogP contribution is 2.48. The fraction of sp³-hybridized carbons (Fsp3) is 0.355. The van der Waals surface area contributed by atoms with E-state index < -0.39 is 35.2 Å². The molecule has 1 aliphatic carbocycles. The molecular formula is C31H31F4NO3. The molecule has 8 heteroatoms. The van der Waals surface area contributed by atoms with Gasteiger partial charge in [-0.2, -0.15) is 17.6 Å². The van der Waals surface area contributed by atoms with Gasteiger partial charge in [0.25, 0.3) is 5.60 Å². The Kier molecular flexibility index (Phi) is 7.92. The first kappa shape index (κ1) is 28.4. The van der Waals surface area contributed by atoms with E-state index in [1.54, 1.807) is 19.9 Å². The Hall–Kier alpha value is -3.61. The Bertz CT molecular complexity index is 1370. The van der Waals surface area contributed by atoms with E-state index in [1.165, 1.54) is 4.90 Å². The lowest BCUT2D eigenvalue weighted by molar-refractivity contribution is -0.237. The standard InChI is InChI=1S/C31H31F4NO3/c1-5-27-23(16-24-17-28(32)30(24,38)31(33,34)35)11-12-25(39-26-14-19(2)13-20(3)15-26)18-36(27)29(37)21(4)22-9-7-6-8-10-22/h5-10,13-16,21,25,38H,11-12,18H2,1-4H3/b23-16-,27-5+/t21-,25-,30?/m0/s1. The number of allylic oxidation sites excluding steroid dienone is 2. The van der Waals surface area contributed by atoms with Crippen LogP contribution >= 0.6 is 0 Å². The van der Waals surface area contributed by atoms with Crippen LogP contribution in [0.1, 0.15) is 49.3 Å². The van der Waals surface area contributed by atoms with Crippen molar-refractivity contribution in [3.63, 3.8) is 0 Å². The fourth-order valence-electron chi connectivity index (χ4n) is 5.06. The van der Waals surface area contributed by atoms with Crippen LogP contribution < -0.4 is 4.74 Å². The molecule has 1 amide bonds. The maximum absolute atomic E-state index is 13.9. The molecule has 206 valence electrons. The minimum Gasteiger partial charge on any atom is -0.489 e. The molecule has 2 aromatic carbocycles. The third-order valence-electron chi connectivity index (χ3n) is 7.13. The number of aliphatic hydroxyl groups is 1. The van der Waals surface area contributed by atoms with Gasteiger partial charge >= 0.3 is 6.18 Å². The molecule has 39 heavy (non-hydrogen) atoms. The van der Waals surface area contributed by atoms with Crippen molar-refractivity contribution in [1.82, 2.24) is 4.90 Å². The number of carbonyl (C=O) groups excluding carboxylic acids is 1. The second-order valence-electron chi connectivity index (χ2n) is 10.1. The smallest absolute Gasteiger partial charge is 0.429 e. The molecule has 0 radical (unpaired) electrons. The molecule has 1 fully saturated rings. The predicted octanol–water partition coefficient (Wildman–Crippen LogP) is 6.99. The summed E-state index contributed by atoms with van der Waals surface area (Å²) < 4.78 is 60.9. The first-order valence-electron chi connectivity index (χ1n) is 12.8. The average Bonchev–Trinajstić information content (AvgIpc) is 3.05. The monoisotopic (exact) mass is 541 g/mol. The third kappa shape index (κ3) is 5.58. The molecule has 2 aliphatic rings. The Balaban J connectivity index is 1.74. The van der Waals surface area contributed by atoms with Gasteiger partial charge < -0.3 is 14.7 Å². The Labute approximate surface area is 225 Å². The van der Waals surface area contributed by atoms with Crippen molar-refractivity contribution in [2.24, 2.45) is 0 Å². The normalized spacial score (nSPS) is 24.5. The average molecular weight is 542 g/mol. The van der Waals surface area contributed by atoms with Gasteiger partial charge in [0, 0.05) is 11.3 Å². The van der Waals surface area contributed by atoms with E-state index in [2.05, 4.69) is 0 Å². The highest BCUT2D eigenvalue weighted by Gasteiger charge is 2.63. The summed E-state index contributed by atoms with van der Waals surface area (Å²) in [6, 6.07) is 15.0. The second-order valence-corrected chi connectivity index (χ2v) is 10.1. The van der Waals surface area contributed by atoms with Crippen molar-refractivity contribution in [2.75, 3.05) is 6.54 Å². The molecule has 2 aromatic rings. The Morgan fingerprint density at radius 3 is 2.38 bits per heavy atom. The number of likely N-dealkylation sites (tertiary alicyclic amines) is 1. The zero-order chi connectivity index (χ0) is 28.5. The predicted molar refractivity (Wildman–Crippen MR) is 141 cm³/mol. The van der Waals surface area contributed by atoms with Crippen LogP contribution in [0.15, 0.2) is 89.1 Å². The van der Waals surface area contributed by atoms with Gasteiger partial charge in [0.2, 0.25) is 5.91 Å². The van der Waals surface area contributed by atoms with E-state index in [-0.39, 0.29) is 18.9 Å². The van der Waals surface area contributed by atoms with Crippen LogP contribution in [-0.2, 0) is 4.79 Å². The van der Waals surface area contributed by atoms with Gasteiger partial charge in [-0.1, -0.05) is 48.2 Å². The van der Waals surface area contributed by atoms with Gasteiger partial charge in [0.1, 0.15) is 11.9 Å². The van der Waals surface area contributed by atoms with Crippen molar-refractivity contribution in [3.05, 3.63) is 106 Å². The van der Waals surface area contributed by atoms with Crippen LogP contribution in [0.4, 0.5) is 17.6 Å². The van der Waals surface area contributed by atoms with E-state index >= 15 is 0 Å². The van der Waals surface area contributed by atoms with Gasteiger partial charge in [-0.15, -0.1) is 0 Å². The quantitative estimate of drug-likeness (QED) is 0.328. The van der Waals surface area contributed by atoms with Crippen LogP contribution in [0.5, 0.6) is 5.75 Å². The molecule has 4 nitrogen and oxygen atoms in total. The largest absolute Gasteiger partial charge is 0.489 e. The second kappa shape index (κ2) is 10.9. The molecular weight excluding hydrogens is 510 g/mol. The highest BCUT2D eigenvalue weighted by molar-refractivity contribution is 5.85. The summed E-state index contributed by atoms with van der Waals surface area (Å²) >= 11 is 0. The number of ether oxygens (including phenoxy) is 1. The van der Waals surface area contributed by atoms with Gasteiger partial charge in [0.15, 0.2) is 5.83 Å². The molecule has 3 atom stereocenters. The number of carbonyl (C=O) groups is 1. The van der Waals surface area contributed by atoms with Crippen LogP contribution in [0.2, 0.25) is 0 Å². The number of alkyl halides is 3. The van der Waals surface area contributed by atoms with Crippen LogP contribution in [-0.4, -0.2) is 40.3 Å². The molecule has 1 heterocycles. The van der Waals surface area contributed by atoms with E-state index in [9.17, 15) is 27.5 Å². The number of nitrogens with zero attached hydrogens (tertiary/aromatic N) is 1. The summed E-state index contributed by atoms with van der Waals surface area (Å²) in [5, 5.41) is 10.1. The van der Waals surface area contributed by atoms with Crippen LogP contribution in [0.25, 0.3) is 0 Å². The Morgan fingerprint density at radius 2 is 1.82 bits per heavy atom. The summed E-state index contributed by atoms with van der Waals surface area (Å²) in [5.41, 5.74) is 1.08. The van der Waals surface area contributed by atoms with E-state index in [1.807, 2.05) is 68.1 Å². The van der Waals surface area contributed by atoms with Crippen LogP contribution in [0.3, 0.4) is 0 Å². The zero-order valence-corrected chi connectivity index (χ0v) is 22.3. The van der Waals surface area contributed by atoms with Crippen molar-refractivity contribution in [3.8, 4) is 5.75 Å². The summed E-state index contributed by atoms with van der Waals surface area (Å²) in [6.07, 6.45) is -2.36. The molecule has 1 unspecified atom stereocenters. The van der Waals surface area contributed by atoms with E-state index in [0.717, 1.165) is 22.8 Å². The highest BCUT2D eigenvalue weighted by atomic mass is 19.4. The number of amides is 1. The van der Waals surface area contributed by atoms with Crippen molar-refractivity contribution < 1.29 is 32.2 Å². The molecule has 4 rings (SSSR count). The van der Waals surface area contributed by atoms with Gasteiger partial charge in [-0.25, -0.2) is 0 Å². The van der Waals surface area contributed by atoms with Crippen molar-refractivity contribution in [1.29, 1.82) is 0 Å². The first-order valence-corrected chi connectivity index (χ1v) is 12.8. The van der Waals surface area contributed by atoms with Crippen LogP contribution in [0, 0.1) is 13.8 Å². The molecule has 1 aliphatic heterocycles. The van der Waals surface area contributed by atoms with Gasteiger partial charge in [0.05, 0.1) is 12.5 Å². The third-order valence-corrected chi connectivity index (χ3v) is 7.13. The number of benzene rings is 2. The van der Waals surface area contributed by atoms with Crippen molar-refractivity contribution in [2.45, 2.75) is 64.3 Å². The zero-order valence-electron chi connectivity index (χ0n) is 22.3. The lowest BCUT2D eigenvalue weighted by Gasteiger charge is -2.34. The summed E-state index contributed by atoms with van der Waals surface area (Å²) in [4.78, 5) is 15.4. The molecule has 0 aromatic heterocycles. The number of aryl methyl sites for hydroxylation is 2. The SMILES string of the molecule is C/C=C1\C(=C/C2=C=C(F)C2(O)C(F)(F)F)CC[C@H](Oc2cc(C)cc(C)c2)CN1C(=O)[C@@H](C)c1ccccc1. The lowest BCUT2D eigenvalue weighted by Crippen LogP contribution is -2.50. The minimum atomic E-state index is -5.25. The molecule has 1 N–H and O–H groups in total. The minimum absolute atomic E-state index is 0.160. The summed E-state index contributed by atoms with van der Waals surface area (Å²) in [5.74, 6) is -1.95. The number of rotatable bonds is 5. The molecule has 1 saturated heterocycles. The molecule has 0 bridgehead atoms. The van der Waals surface area contributed by atoms with Gasteiger partial charge in [-0.05, 0) is 81.0 Å². The Morgan fingerprint density at radius 1 is 1.18 bits per heavy atom. The first-order chi connectivity index (χ1) is 18.3. The molecule has 0 saturated carbocycles. The maximum atomic E-state index is 13.9. The fourth-order valence-corrected chi connectivity index (χ4v) is 5.06. The summed E-state index contributed by atoms with van der Waals surface area (Å²) in [7, 11) is 0. The van der Waals surface area contributed by atoms with Crippen molar-refractivity contribution >= 4 is 5.91 Å². The van der Waals surface area contributed by atoms with Gasteiger partial charge in [-0.3, -0.25) is 4.79 Å². The summed E-state index contributed by atoms with van der Waals surface area (Å²) in [6.45, 7) is 7.51. The van der Waals surface area contributed by atoms with E-state index in [0.29, 0.717) is 23.4 Å². The topological polar surface area (TPSA) is 49.8 Å². The number of hydrogen-bond acceptors (Lipinski definition) is 3. The maximum Gasteiger partial charge on any atom is 0.429 e. The number of halogens is 4. The lowest BCUT2D eigenvalue weighted by atomic mass is 9.82. The number of hydrogen-bond donors (Lipinski definition) is 1.